The van der Waals surface area contributed by atoms with Crippen LogP contribution in [0.3, 0.4) is 0 Å². The Morgan fingerprint density at radius 2 is 1.70 bits per heavy atom. The molecule has 3 rings (SSSR count). The molecule has 0 saturated heterocycles. The van der Waals surface area contributed by atoms with Crippen molar-refractivity contribution in [3.8, 4) is 0 Å². The van der Waals surface area contributed by atoms with Gasteiger partial charge in [0.25, 0.3) is 5.69 Å². The van der Waals surface area contributed by atoms with Gasteiger partial charge in [0.15, 0.2) is 0 Å². The first-order valence-electron chi connectivity index (χ1n) is 10.5. The lowest BCUT2D eigenvalue weighted by molar-refractivity contribution is -0.384. The number of benzene rings is 2. The van der Waals surface area contributed by atoms with Crippen LogP contribution in [0.4, 0.5) is 5.69 Å². The molecule has 0 heterocycles. The van der Waals surface area contributed by atoms with Crippen molar-refractivity contribution >= 4 is 11.7 Å². The summed E-state index contributed by atoms with van der Waals surface area (Å²) in [6, 6.07) is 15.5. The molecule has 6 nitrogen and oxygen atoms in total. The van der Waals surface area contributed by atoms with Gasteiger partial charge in [0.05, 0.1) is 10.5 Å². The Labute approximate surface area is 178 Å². The molecule has 0 N–H and O–H groups in total. The van der Waals surface area contributed by atoms with Gasteiger partial charge in [-0.2, -0.15) is 0 Å². The third-order valence-corrected chi connectivity index (χ3v) is 5.92. The number of nitrogens with zero attached hydrogens (tertiary/aromatic N) is 2. The first-order valence-corrected chi connectivity index (χ1v) is 10.5. The summed E-state index contributed by atoms with van der Waals surface area (Å²) in [7, 11) is 4.19. The van der Waals surface area contributed by atoms with Crippen molar-refractivity contribution in [2.24, 2.45) is 5.41 Å². The van der Waals surface area contributed by atoms with E-state index in [2.05, 4.69) is 19.0 Å². The number of carbonyl (C=O) groups is 1. The predicted octanol–water partition coefficient (Wildman–Crippen LogP) is 5.40. The van der Waals surface area contributed by atoms with Gasteiger partial charge in [-0.15, -0.1) is 0 Å². The maximum atomic E-state index is 12.9. The summed E-state index contributed by atoms with van der Waals surface area (Å²) >= 11 is 0. The van der Waals surface area contributed by atoms with E-state index >= 15 is 0 Å². The Kier molecular flexibility index (Phi) is 7.21. The normalized spacial score (nSPS) is 16.8. The van der Waals surface area contributed by atoms with Gasteiger partial charge in [0.1, 0.15) is 6.10 Å². The fourth-order valence-corrected chi connectivity index (χ4v) is 4.60. The maximum absolute atomic E-state index is 12.9. The molecule has 1 fully saturated rings. The summed E-state index contributed by atoms with van der Waals surface area (Å²) in [6.07, 6.45) is 6.33. The van der Waals surface area contributed by atoms with Crippen LogP contribution in [0.1, 0.15) is 60.6 Å². The molecule has 1 aliphatic rings. The fraction of sp³-hybridized carbons (Fsp3) is 0.458. The van der Waals surface area contributed by atoms with Gasteiger partial charge in [-0.3, -0.25) is 10.1 Å². The topological polar surface area (TPSA) is 72.7 Å². The van der Waals surface area contributed by atoms with Crippen molar-refractivity contribution in [3.05, 3.63) is 75.8 Å². The minimum atomic E-state index is -0.476. The van der Waals surface area contributed by atoms with Crippen LogP contribution < -0.4 is 0 Å². The number of esters is 1. The van der Waals surface area contributed by atoms with Crippen molar-refractivity contribution in [3.63, 3.8) is 0 Å². The van der Waals surface area contributed by atoms with E-state index in [1.165, 1.54) is 43.5 Å². The van der Waals surface area contributed by atoms with E-state index in [4.69, 9.17) is 4.74 Å². The highest BCUT2D eigenvalue weighted by Crippen LogP contribution is 2.44. The van der Waals surface area contributed by atoms with Crippen LogP contribution in [0, 0.1) is 15.5 Å². The van der Waals surface area contributed by atoms with E-state index in [0.717, 1.165) is 31.4 Å². The third-order valence-electron chi connectivity index (χ3n) is 5.92. The fourth-order valence-electron chi connectivity index (χ4n) is 4.60. The zero-order chi connectivity index (χ0) is 21.6. The summed E-state index contributed by atoms with van der Waals surface area (Å²) < 4.78 is 6.01. The molecule has 0 aromatic heterocycles. The Hall–Kier alpha value is -2.73. The van der Waals surface area contributed by atoms with E-state index in [9.17, 15) is 14.9 Å². The first kappa shape index (κ1) is 22.0. The lowest BCUT2D eigenvalue weighted by Gasteiger charge is -2.41. The molecule has 30 heavy (non-hydrogen) atoms. The Balaban J connectivity index is 1.83. The molecule has 0 spiro atoms. The van der Waals surface area contributed by atoms with Crippen LogP contribution in [0.15, 0.2) is 54.6 Å². The van der Waals surface area contributed by atoms with Crippen molar-refractivity contribution in [1.29, 1.82) is 0 Å². The summed E-state index contributed by atoms with van der Waals surface area (Å²) in [5.41, 5.74) is 1.37. The van der Waals surface area contributed by atoms with Gasteiger partial charge in [0.2, 0.25) is 0 Å². The Morgan fingerprint density at radius 1 is 1.07 bits per heavy atom. The van der Waals surface area contributed by atoms with Crippen LogP contribution in [-0.4, -0.2) is 36.4 Å². The number of carbonyl (C=O) groups excluding carboxylic acids is 1. The number of nitro groups is 1. The van der Waals surface area contributed by atoms with E-state index in [1.807, 2.05) is 30.3 Å². The van der Waals surface area contributed by atoms with Crippen LogP contribution in [0.2, 0.25) is 0 Å². The number of non-ortho nitro benzene ring substituents is 1. The molecule has 0 unspecified atom stereocenters. The minimum absolute atomic E-state index is 0.0432. The van der Waals surface area contributed by atoms with E-state index in [0.29, 0.717) is 5.56 Å². The van der Waals surface area contributed by atoms with Crippen molar-refractivity contribution in [2.75, 3.05) is 20.6 Å². The zero-order valence-electron chi connectivity index (χ0n) is 17.8. The molecule has 0 aliphatic heterocycles. The monoisotopic (exact) mass is 410 g/mol. The SMILES string of the molecule is CN(C)CC1(C[C@@H](OC(=O)c2ccc([N+](=O)[O-])cc2)c2ccccc2)CCCCC1. The molecule has 1 atom stereocenters. The summed E-state index contributed by atoms with van der Waals surface area (Å²) in [4.78, 5) is 25.5. The second-order valence-corrected chi connectivity index (χ2v) is 8.61. The summed E-state index contributed by atoms with van der Waals surface area (Å²) in [5.74, 6) is -0.449. The highest BCUT2D eigenvalue weighted by Gasteiger charge is 2.37. The highest BCUT2D eigenvalue weighted by atomic mass is 16.6. The lowest BCUT2D eigenvalue weighted by atomic mass is 9.69. The van der Waals surface area contributed by atoms with Gasteiger partial charge in [-0.05, 0) is 56.5 Å². The van der Waals surface area contributed by atoms with Crippen LogP contribution >= 0.6 is 0 Å². The molecule has 2 aromatic carbocycles. The molecule has 6 heteroatoms. The molecular weight excluding hydrogens is 380 g/mol. The third kappa shape index (κ3) is 5.66. The first-order chi connectivity index (χ1) is 14.4. The average Bonchev–Trinajstić information content (AvgIpc) is 2.74. The van der Waals surface area contributed by atoms with E-state index < -0.39 is 10.9 Å². The van der Waals surface area contributed by atoms with Gasteiger partial charge in [-0.1, -0.05) is 49.6 Å². The van der Waals surface area contributed by atoms with Crippen molar-refractivity contribution in [1.82, 2.24) is 4.90 Å². The maximum Gasteiger partial charge on any atom is 0.338 e. The molecule has 0 amide bonds. The largest absolute Gasteiger partial charge is 0.454 e. The van der Waals surface area contributed by atoms with Gasteiger partial charge in [-0.25, -0.2) is 4.79 Å². The van der Waals surface area contributed by atoms with Crippen molar-refractivity contribution in [2.45, 2.75) is 44.6 Å². The standard InChI is InChI=1S/C24H30N2O4/c1-25(2)18-24(15-7-4-8-16-24)17-22(19-9-5-3-6-10-19)30-23(27)20-11-13-21(14-12-20)26(28)29/h3,5-6,9-14,22H,4,7-8,15-18H2,1-2H3/t22-/m1/s1. The highest BCUT2D eigenvalue weighted by molar-refractivity contribution is 5.89. The smallest absolute Gasteiger partial charge is 0.338 e. The Morgan fingerprint density at radius 3 is 2.27 bits per heavy atom. The molecule has 1 saturated carbocycles. The molecule has 0 radical (unpaired) electrons. The second kappa shape index (κ2) is 9.85. The molecular formula is C24H30N2O4. The minimum Gasteiger partial charge on any atom is -0.454 e. The second-order valence-electron chi connectivity index (χ2n) is 8.61. The van der Waals surface area contributed by atoms with Gasteiger partial charge in [0, 0.05) is 18.7 Å². The average molecular weight is 411 g/mol. The number of hydrogen-bond acceptors (Lipinski definition) is 5. The summed E-state index contributed by atoms with van der Waals surface area (Å²) in [6.45, 7) is 0.964. The summed E-state index contributed by atoms with van der Waals surface area (Å²) in [5, 5.41) is 10.9. The van der Waals surface area contributed by atoms with E-state index in [1.54, 1.807) is 0 Å². The number of ether oxygens (including phenoxy) is 1. The van der Waals surface area contributed by atoms with Crippen molar-refractivity contribution < 1.29 is 14.5 Å². The van der Waals surface area contributed by atoms with Gasteiger partial charge >= 0.3 is 5.97 Å². The molecule has 160 valence electrons. The quantitative estimate of drug-likeness (QED) is 0.331. The zero-order valence-corrected chi connectivity index (χ0v) is 17.8. The Bertz CT molecular complexity index is 843. The number of rotatable bonds is 8. The van der Waals surface area contributed by atoms with E-state index in [-0.39, 0.29) is 17.2 Å². The molecule has 0 bridgehead atoms. The van der Waals surface area contributed by atoms with Gasteiger partial charge < -0.3 is 9.64 Å². The van der Waals surface area contributed by atoms with Crippen LogP contribution in [-0.2, 0) is 4.74 Å². The van der Waals surface area contributed by atoms with Crippen LogP contribution in [0.25, 0.3) is 0 Å². The van der Waals surface area contributed by atoms with Crippen LogP contribution in [0.5, 0.6) is 0 Å². The lowest BCUT2D eigenvalue weighted by Crippen LogP contribution is -2.37. The number of nitro benzene ring substituents is 1. The molecule has 2 aromatic rings. The predicted molar refractivity (Wildman–Crippen MR) is 116 cm³/mol. The molecule has 1 aliphatic carbocycles. The number of hydrogen-bond donors (Lipinski definition) is 0.